The van der Waals surface area contributed by atoms with Crippen LogP contribution >= 0.6 is 0 Å². The van der Waals surface area contributed by atoms with Crippen LogP contribution < -0.4 is 10.2 Å². The standard InChI is InChI=1S/C20H20FN3O5/c1-2-23(16-8-4-14(21)5-9-16)19(25)12-29-20(26)13-3-10-17(22-15-6-7-15)18(11-13)24(27)28/h3-5,8-11,15,22H,2,6-7,12H2,1H3. The third-order valence-electron chi connectivity index (χ3n) is 4.45. The van der Waals surface area contributed by atoms with Crippen molar-refractivity contribution in [2.24, 2.45) is 0 Å². The number of likely N-dealkylation sites (N-methyl/N-ethyl adjacent to an activating group) is 1. The lowest BCUT2D eigenvalue weighted by Crippen LogP contribution is -2.34. The summed E-state index contributed by atoms with van der Waals surface area (Å²) < 4.78 is 18.1. The highest BCUT2D eigenvalue weighted by molar-refractivity contribution is 5.97. The number of esters is 1. The zero-order valence-corrected chi connectivity index (χ0v) is 15.8. The zero-order chi connectivity index (χ0) is 21.0. The number of nitro benzene ring substituents is 1. The van der Waals surface area contributed by atoms with E-state index in [9.17, 15) is 24.1 Å². The molecule has 1 aliphatic rings. The number of ether oxygens (including phenoxy) is 1. The lowest BCUT2D eigenvalue weighted by Gasteiger charge is -2.20. The molecule has 0 unspecified atom stereocenters. The number of anilines is 2. The number of hydrogen-bond acceptors (Lipinski definition) is 6. The smallest absolute Gasteiger partial charge is 0.338 e. The molecule has 1 aliphatic carbocycles. The molecule has 1 amide bonds. The van der Waals surface area contributed by atoms with Crippen molar-refractivity contribution in [3.63, 3.8) is 0 Å². The van der Waals surface area contributed by atoms with Gasteiger partial charge in [0.05, 0.1) is 10.5 Å². The van der Waals surface area contributed by atoms with E-state index in [1.165, 1.54) is 41.3 Å². The minimum atomic E-state index is -0.838. The lowest BCUT2D eigenvalue weighted by molar-refractivity contribution is -0.384. The van der Waals surface area contributed by atoms with Crippen LogP contribution in [0.2, 0.25) is 0 Å². The molecule has 1 N–H and O–H groups in total. The molecule has 0 heterocycles. The average molecular weight is 401 g/mol. The van der Waals surface area contributed by atoms with Gasteiger partial charge in [-0.25, -0.2) is 9.18 Å². The van der Waals surface area contributed by atoms with Gasteiger partial charge in [-0.3, -0.25) is 14.9 Å². The minimum absolute atomic E-state index is 0.0179. The molecule has 3 rings (SSSR count). The molecule has 0 aromatic heterocycles. The molecule has 2 aromatic rings. The molecule has 0 bridgehead atoms. The van der Waals surface area contributed by atoms with E-state index in [1.807, 2.05) is 0 Å². The van der Waals surface area contributed by atoms with Gasteiger partial charge in [-0.05, 0) is 56.2 Å². The van der Waals surface area contributed by atoms with Crippen LogP contribution in [0.1, 0.15) is 30.1 Å². The van der Waals surface area contributed by atoms with Crippen molar-refractivity contribution in [1.82, 2.24) is 0 Å². The quantitative estimate of drug-likeness (QED) is 0.413. The first kappa shape index (κ1) is 20.2. The van der Waals surface area contributed by atoms with E-state index < -0.39 is 29.2 Å². The van der Waals surface area contributed by atoms with E-state index in [-0.39, 0.29) is 17.3 Å². The number of nitrogens with one attached hydrogen (secondary N) is 1. The fraction of sp³-hybridized carbons (Fsp3) is 0.300. The Labute approximate surface area is 166 Å². The Morgan fingerprint density at radius 2 is 1.93 bits per heavy atom. The third kappa shape index (κ3) is 5.07. The van der Waals surface area contributed by atoms with Gasteiger partial charge in [0.25, 0.3) is 11.6 Å². The Balaban J connectivity index is 1.66. The number of carbonyl (C=O) groups excluding carboxylic acids is 2. The second kappa shape index (κ2) is 8.68. The first-order chi connectivity index (χ1) is 13.9. The molecule has 29 heavy (non-hydrogen) atoms. The number of nitrogens with zero attached hydrogens (tertiary/aromatic N) is 2. The Kier molecular flexibility index (Phi) is 6.06. The molecule has 1 fully saturated rings. The highest BCUT2D eigenvalue weighted by Crippen LogP contribution is 2.31. The van der Waals surface area contributed by atoms with Gasteiger partial charge in [0, 0.05) is 24.3 Å². The van der Waals surface area contributed by atoms with Gasteiger partial charge in [0.2, 0.25) is 0 Å². The van der Waals surface area contributed by atoms with Crippen LogP contribution in [0.5, 0.6) is 0 Å². The second-order valence-electron chi connectivity index (χ2n) is 6.60. The van der Waals surface area contributed by atoms with Gasteiger partial charge >= 0.3 is 5.97 Å². The van der Waals surface area contributed by atoms with Crippen molar-refractivity contribution in [1.29, 1.82) is 0 Å². The van der Waals surface area contributed by atoms with Crippen LogP contribution in [0.3, 0.4) is 0 Å². The SMILES string of the molecule is CCN(C(=O)COC(=O)c1ccc(NC2CC2)c([N+](=O)[O-])c1)c1ccc(F)cc1. The van der Waals surface area contributed by atoms with Crippen molar-refractivity contribution in [2.75, 3.05) is 23.4 Å². The predicted octanol–water partition coefficient (Wildman–Crippen LogP) is 3.52. The number of benzene rings is 2. The van der Waals surface area contributed by atoms with Gasteiger partial charge in [-0.2, -0.15) is 0 Å². The van der Waals surface area contributed by atoms with E-state index >= 15 is 0 Å². The molecule has 0 atom stereocenters. The molecule has 152 valence electrons. The summed E-state index contributed by atoms with van der Waals surface area (Å²) >= 11 is 0. The summed E-state index contributed by atoms with van der Waals surface area (Å²) in [6.45, 7) is 1.49. The van der Waals surface area contributed by atoms with Crippen LogP contribution in [0, 0.1) is 15.9 Å². The molecule has 1 saturated carbocycles. The molecule has 2 aromatic carbocycles. The van der Waals surface area contributed by atoms with Crippen LogP contribution in [0.4, 0.5) is 21.5 Å². The first-order valence-corrected chi connectivity index (χ1v) is 9.17. The molecule has 0 saturated heterocycles. The van der Waals surface area contributed by atoms with Crippen molar-refractivity contribution in [3.05, 3.63) is 64.0 Å². The van der Waals surface area contributed by atoms with E-state index in [0.717, 1.165) is 18.9 Å². The fourth-order valence-corrected chi connectivity index (χ4v) is 2.79. The van der Waals surface area contributed by atoms with Crippen molar-refractivity contribution >= 4 is 28.9 Å². The summed E-state index contributed by atoms with van der Waals surface area (Å²) in [6, 6.07) is 9.60. The highest BCUT2D eigenvalue weighted by Gasteiger charge is 2.26. The topological polar surface area (TPSA) is 102 Å². The van der Waals surface area contributed by atoms with E-state index in [1.54, 1.807) is 6.92 Å². The normalized spacial score (nSPS) is 12.9. The minimum Gasteiger partial charge on any atom is -0.452 e. The Morgan fingerprint density at radius 1 is 1.24 bits per heavy atom. The number of rotatable bonds is 8. The summed E-state index contributed by atoms with van der Waals surface area (Å²) in [5, 5.41) is 14.3. The van der Waals surface area contributed by atoms with Gasteiger partial charge < -0.3 is 15.0 Å². The Bertz CT molecular complexity index is 928. The van der Waals surface area contributed by atoms with Gasteiger partial charge in [0.15, 0.2) is 6.61 Å². The van der Waals surface area contributed by atoms with Gasteiger partial charge in [-0.15, -0.1) is 0 Å². The average Bonchev–Trinajstić information content (AvgIpc) is 3.52. The summed E-state index contributed by atoms with van der Waals surface area (Å²) in [6.07, 6.45) is 1.90. The van der Waals surface area contributed by atoms with Crippen LogP contribution in [0.25, 0.3) is 0 Å². The maximum absolute atomic E-state index is 13.1. The van der Waals surface area contributed by atoms with E-state index in [0.29, 0.717) is 17.9 Å². The lowest BCUT2D eigenvalue weighted by atomic mass is 10.1. The molecule has 0 radical (unpaired) electrons. The summed E-state index contributed by atoms with van der Waals surface area (Å²) in [5.74, 6) is -1.76. The van der Waals surface area contributed by atoms with E-state index in [2.05, 4.69) is 5.32 Å². The zero-order valence-electron chi connectivity index (χ0n) is 15.8. The van der Waals surface area contributed by atoms with Gasteiger partial charge in [0.1, 0.15) is 11.5 Å². The molecular formula is C20H20FN3O5. The second-order valence-corrected chi connectivity index (χ2v) is 6.60. The summed E-state index contributed by atoms with van der Waals surface area (Å²) in [7, 11) is 0. The predicted molar refractivity (Wildman–Crippen MR) is 104 cm³/mol. The number of nitro groups is 1. The molecular weight excluding hydrogens is 381 g/mol. The number of halogens is 1. The van der Waals surface area contributed by atoms with E-state index in [4.69, 9.17) is 4.74 Å². The first-order valence-electron chi connectivity index (χ1n) is 9.17. The Morgan fingerprint density at radius 3 is 2.52 bits per heavy atom. The largest absolute Gasteiger partial charge is 0.452 e. The van der Waals surface area contributed by atoms with Crippen LogP contribution in [0.15, 0.2) is 42.5 Å². The highest BCUT2D eigenvalue weighted by atomic mass is 19.1. The molecule has 8 nitrogen and oxygen atoms in total. The maximum Gasteiger partial charge on any atom is 0.338 e. The molecule has 0 spiro atoms. The molecule has 0 aliphatic heterocycles. The number of carbonyl (C=O) groups is 2. The number of amides is 1. The van der Waals surface area contributed by atoms with Crippen LogP contribution in [-0.4, -0.2) is 36.0 Å². The summed E-state index contributed by atoms with van der Waals surface area (Å²) in [5.41, 5.74) is 0.578. The van der Waals surface area contributed by atoms with Crippen LogP contribution in [-0.2, 0) is 9.53 Å². The monoisotopic (exact) mass is 401 g/mol. The third-order valence-corrected chi connectivity index (χ3v) is 4.45. The van der Waals surface area contributed by atoms with Gasteiger partial charge in [-0.1, -0.05) is 0 Å². The van der Waals surface area contributed by atoms with Crippen molar-refractivity contribution in [2.45, 2.75) is 25.8 Å². The summed E-state index contributed by atoms with van der Waals surface area (Å²) in [4.78, 5) is 36.7. The number of hydrogen-bond donors (Lipinski definition) is 1. The Hall–Kier alpha value is -3.49. The maximum atomic E-state index is 13.1. The van der Waals surface area contributed by atoms with Crippen molar-refractivity contribution in [3.8, 4) is 0 Å². The van der Waals surface area contributed by atoms with Crippen molar-refractivity contribution < 1.29 is 23.6 Å². The fourth-order valence-electron chi connectivity index (χ4n) is 2.79. The molecule has 9 heteroatoms.